The number of rotatable bonds is 6. The predicted octanol–water partition coefficient (Wildman–Crippen LogP) is -2.12. The van der Waals surface area contributed by atoms with Gasteiger partial charge < -0.3 is 16.8 Å². The third-order valence-corrected chi connectivity index (χ3v) is 1.56. The number of guanidine groups is 1. The Hall–Kier alpha value is -1.90. The molecule has 0 aromatic heterocycles. The monoisotopic (exact) mass is 218 g/mol. The summed E-state index contributed by atoms with van der Waals surface area (Å²) in [6, 6.07) is -0.718. The molecule has 0 rings (SSSR count). The van der Waals surface area contributed by atoms with Gasteiger partial charge in [0.05, 0.1) is 6.04 Å². The molecule has 0 aliphatic carbocycles. The molecule has 0 aromatic rings. The molecule has 0 radical (unpaired) electrons. The number of nitrogens with one attached hydrogen (secondary N) is 3. The molecule has 86 valence electrons. The van der Waals surface area contributed by atoms with E-state index in [2.05, 4.69) is 5.32 Å². The Kier molecular flexibility index (Phi) is 5.71. The van der Waals surface area contributed by atoms with Gasteiger partial charge in [-0.2, -0.15) is 0 Å². The summed E-state index contributed by atoms with van der Waals surface area (Å²) in [4.78, 5) is 20.4. The molecule has 7 N–H and O–H groups in total. The Morgan fingerprint density at radius 3 is 2.67 bits per heavy atom. The van der Waals surface area contributed by atoms with Gasteiger partial charge in [-0.25, -0.2) is 10.1 Å². The van der Waals surface area contributed by atoms with E-state index in [1.807, 2.05) is 0 Å². The molecule has 1 unspecified atom stereocenters. The minimum Gasteiger partial charge on any atom is -0.368 e. The highest BCUT2D eigenvalue weighted by Crippen LogP contribution is 1.91. The van der Waals surface area contributed by atoms with E-state index in [0.717, 1.165) is 0 Å². The van der Waals surface area contributed by atoms with E-state index in [1.54, 1.807) is 5.43 Å². The van der Waals surface area contributed by atoms with Gasteiger partial charge >= 0.3 is 0 Å². The third kappa shape index (κ3) is 7.19. The molecular weight excluding hydrogens is 204 g/mol. The molecule has 0 aliphatic rings. The lowest BCUT2D eigenvalue weighted by atomic mass is 10.1. The average Bonchev–Trinajstić information content (AvgIpc) is 2.10. The maximum atomic E-state index is 10.5. The Bertz CT molecular complexity index is 255. The van der Waals surface area contributed by atoms with Crippen molar-refractivity contribution in [2.45, 2.75) is 18.9 Å². The summed E-state index contributed by atoms with van der Waals surface area (Å²) in [5.74, 6) is -0.999. The van der Waals surface area contributed by atoms with Crippen molar-refractivity contribution in [2.75, 3.05) is 6.54 Å². The van der Waals surface area contributed by atoms with E-state index in [4.69, 9.17) is 16.9 Å². The minimum atomic E-state index is -0.843. The minimum absolute atomic E-state index is 0.306. The highest BCUT2D eigenvalue weighted by molar-refractivity contribution is 5.79. The van der Waals surface area contributed by atoms with Crippen molar-refractivity contribution in [3.63, 3.8) is 0 Å². The zero-order valence-electron chi connectivity index (χ0n) is 8.03. The van der Waals surface area contributed by atoms with E-state index in [1.165, 1.54) is 0 Å². The first-order chi connectivity index (χ1) is 6.93. The highest BCUT2D eigenvalue weighted by atomic mass is 16.7. The van der Waals surface area contributed by atoms with E-state index in [-0.39, 0.29) is 0 Å². The molecular formula is C6H14N6O3. The first kappa shape index (κ1) is 13.1. The second-order valence-electron chi connectivity index (χ2n) is 2.82. The quantitative estimate of drug-likeness (QED) is 0.113. The van der Waals surface area contributed by atoms with Gasteiger partial charge in [-0.1, -0.05) is 5.43 Å². The van der Waals surface area contributed by atoms with Crippen LogP contribution in [-0.4, -0.2) is 29.5 Å². The van der Waals surface area contributed by atoms with Gasteiger partial charge in [-0.05, 0) is 12.8 Å². The lowest BCUT2D eigenvalue weighted by molar-refractivity contribution is -0.525. The smallest absolute Gasteiger partial charge is 0.251 e. The Morgan fingerprint density at radius 2 is 2.20 bits per heavy atom. The molecule has 9 nitrogen and oxygen atoms in total. The van der Waals surface area contributed by atoms with Gasteiger partial charge in [-0.3, -0.25) is 10.2 Å². The van der Waals surface area contributed by atoms with Crippen LogP contribution in [0.1, 0.15) is 12.8 Å². The van der Waals surface area contributed by atoms with Gasteiger partial charge in [0.1, 0.15) is 0 Å². The second-order valence-corrected chi connectivity index (χ2v) is 2.82. The largest absolute Gasteiger partial charge is 0.368 e. The summed E-state index contributed by atoms with van der Waals surface area (Å²) in [5, 5.41) is 18.5. The maximum absolute atomic E-state index is 10.5. The number of carbonyl (C=O) groups is 1. The standard InChI is InChI=1S/C6H14N6O3/c7-4(5(8)13)2-1-3-10-6(9)11-12(14)15/h4H,1-3,7H2,(H2,8,13)(H3,9,10,11). The van der Waals surface area contributed by atoms with Crippen molar-refractivity contribution >= 4 is 11.9 Å². The predicted molar refractivity (Wildman–Crippen MR) is 52.3 cm³/mol. The number of hydrazine groups is 1. The number of nitrogens with two attached hydrogens (primary N) is 2. The molecule has 0 aromatic carbocycles. The maximum Gasteiger partial charge on any atom is 0.251 e. The summed E-state index contributed by atoms with van der Waals surface area (Å²) in [6.45, 7) is 0.306. The van der Waals surface area contributed by atoms with Crippen LogP contribution in [-0.2, 0) is 4.79 Å². The van der Waals surface area contributed by atoms with E-state index in [0.29, 0.717) is 19.4 Å². The summed E-state index contributed by atoms with van der Waals surface area (Å²) >= 11 is 0. The lowest BCUT2D eigenvalue weighted by Crippen LogP contribution is -2.41. The van der Waals surface area contributed by atoms with Crippen LogP contribution in [0.25, 0.3) is 0 Å². The van der Waals surface area contributed by atoms with Gasteiger partial charge in [-0.15, -0.1) is 0 Å². The number of nitro groups is 1. The number of amides is 1. The van der Waals surface area contributed by atoms with Crippen molar-refractivity contribution in [2.24, 2.45) is 11.5 Å². The van der Waals surface area contributed by atoms with Crippen LogP contribution in [0.3, 0.4) is 0 Å². The topological polar surface area (TPSA) is 160 Å². The van der Waals surface area contributed by atoms with Crippen LogP contribution < -0.4 is 22.2 Å². The zero-order chi connectivity index (χ0) is 11.8. The van der Waals surface area contributed by atoms with Crippen LogP contribution in [0.15, 0.2) is 0 Å². The van der Waals surface area contributed by atoms with Crippen molar-refractivity contribution in [1.82, 2.24) is 10.7 Å². The summed E-state index contributed by atoms with van der Waals surface area (Å²) in [6.07, 6.45) is 0.861. The van der Waals surface area contributed by atoms with Gasteiger partial charge in [0.15, 0.2) is 5.03 Å². The molecule has 0 saturated carbocycles. The van der Waals surface area contributed by atoms with E-state index < -0.39 is 22.9 Å². The molecule has 0 bridgehead atoms. The molecule has 0 fully saturated rings. The second kappa shape index (κ2) is 6.54. The lowest BCUT2D eigenvalue weighted by Gasteiger charge is -2.07. The SMILES string of the molecule is N=C(NCCCC(N)C(N)=O)N[N+](=O)[O-]. The summed E-state index contributed by atoms with van der Waals surface area (Å²) < 4.78 is 0. The molecule has 0 aliphatic heterocycles. The fraction of sp³-hybridized carbons (Fsp3) is 0.667. The average molecular weight is 218 g/mol. The van der Waals surface area contributed by atoms with Gasteiger partial charge in [0.2, 0.25) is 5.91 Å². The molecule has 0 saturated heterocycles. The summed E-state index contributed by atoms with van der Waals surface area (Å²) in [7, 11) is 0. The normalized spacial score (nSPS) is 11.5. The first-order valence-corrected chi connectivity index (χ1v) is 4.22. The number of nitrogens with zero attached hydrogens (tertiary/aromatic N) is 1. The molecule has 9 heteroatoms. The van der Waals surface area contributed by atoms with Gasteiger partial charge in [0.25, 0.3) is 5.96 Å². The Morgan fingerprint density at radius 1 is 1.60 bits per heavy atom. The molecule has 1 amide bonds. The van der Waals surface area contributed by atoms with Crippen LogP contribution in [0, 0.1) is 15.5 Å². The van der Waals surface area contributed by atoms with Crippen molar-refractivity contribution in [1.29, 1.82) is 5.41 Å². The zero-order valence-corrected chi connectivity index (χ0v) is 8.03. The van der Waals surface area contributed by atoms with Crippen LogP contribution in [0.5, 0.6) is 0 Å². The van der Waals surface area contributed by atoms with Crippen molar-refractivity contribution < 1.29 is 9.83 Å². The Labute approximate surface area is 85.8 Å². The number of hydrogen-bond acceptors (Lipinski definition) is 5. The molecule has 15 heavy (non-hydrogen) atoms. The number of carbonyl (C=O) groups excluding carboxylic acids is 1. The fourth-order valence-corrected chi connectivity index (χ4v) is 0.808. The van der Waals surface area contributed by atoms with E-state index in [9.17, 15) is 14.9 Å². The molecule has 0 spiro atoms. The Balaban J connectivity index is 3.50. The van der Waals surface area contributed by atoms with Crippen molar-refractivity contribution in [3.8, 4) is 0 Å². The third-order valence-electron chi connectivity index (χ3n) is 1.56. The van der Waals surface area contributed by atoms with Crippen LogP contribution in [0.2, 0.25) is 0 Å². The van der Waals surface area contributed by atoms with Crippen molar-refractivity contribution in [3.05, 3.63) is 10.1 Å². The van der Waals surface area contributed by atoms with Crippen LogP contribution >= 0.6 is 0 Å². The molecule has 0 heterocycles. The van der Waals surface area contributed by atoms with Gasteiger partial charge in [0, 0.05) is 6.54 Å². The number of hydrogen-bond donors (Lipinski definition) is 5. The number of primary amides is 1. The fourth-order valence-electron chi connectivity index (χ4n) is 0.808. The summed E-state index contributed by atoms with van der Waals surface area (Å²) in [5.41, 5.74) is 11.9. The van der Waals surface area contributed by atoms with E-state index >= 15 is 0 Å². The molecule has 1 atom stereocenters. The van der Waals surface area contributed by atoms with Crippen LogP contribution in [0.4, 0.5) is 0 Å². The first-order valence-electron chi connectivity index (χ1n) is 4.22. The highest BCUT2D eigenvalue weighted by Gasteiger charge is 2.08.